The first-order chi connectivity index (χ1) is 32.8. The first-order valence-corrected chi connectivity index (χ1v) is 22.7. The molecule has 5 heteroatoms. The van der Waals surface area contributed by atoms with Crippen LogP contribution in [-0.4, -0.2) is 19.5 Å². The highest BCUT2D eigenvalue weighted by molar-refractivity contribution is 6.11. The third-order valence-electron chi connectivity index (χ3n) is 12.7. The molecule has 67 heavy (non-hydrogen) atoms. The average molecular weight is 860 g/mol. The van der Waals surface area contributed by atoms with Crippen molar-refractivity contribution < 1.29 is 0 Å². The van der Waals surface area contributed by atoms with E-state index in [9.17, 15) is 5.26 Å². The highest BCUT2D eigenvalue weighted by atomic mass is 15.0. The molecule has 0 bridgehead atoms. The molecule has 0 aliphatic heterocycles. The SMILES string of the molecule is CC(C)(C)c1ccc2c(c1)c1cc(C#N)ccc1n2-c1c(-c2ccc(-c3ccccc3)cc2)cc(-c2nc(-c3ccccc3)nc(-c3ccccc3)n2)cc1-c1ccc(-c2ccccc2)cc1. The van der Waals surface area contributed by atoms with Crippen molar-refractivity contribution in [2.45, 2.75) is 26.2 Å². The largest absolute Gasteiger partial charge is 0.308 e. The van der Waals surface area contributed by atoms with Crippen LogP contribution in [0.1, 0.15) is 31.9 Å². The third kappa shape index (κ3) is 7.85. The Balaban J connectivity index is 1.25. The Bertz CT molecular complexity index is 3460. The molecule has 11 aromatic rings. The van der Waals surface area contributed by atoms with E-state index in [0.29, 0.717) is 23.0 Å². The minimum atomic E-state index is -0.0871. The van der Waals surface area contributed by atoms with E-state index in [1.54, 1.807) is 0 Å². The van der Waals surface area contributed by atoms with Crippen LogP contribution in [0.4, 0.5) is 0 Å². The highest BCUT2D eigenvalue weighted by Crippen LogP contribution is 2.45. The van der Waals surface area contributed by atoms with Gasteiger partial charge in [0.15, 0.2) is 17.5 Å². The van der Waals surface area contributed by atoms with Crippen molar-refractivity contribution in [2.75, 3.05) is 0 Å². The van der Waals surface area contributed by atoms with Crippen LogP contribution in [0.2, 0.25) is 0 Å². The second-order valence-corrected chi connectivity index (χ2v) is 18.0. The Morgan fingerprint density at radius 1 is 0.373 bits per heavy atom. The van der Waals surface area contributed by atoms with Crippen LogP contribution >= 0.6 is 0 Å². The van der Waals surface area contributed by atoms with Gasteiger partial charge in [-0.05, 0) is 86.8 Å². The van der Waals surface area contributed by atoms with Crippen molar-refractivity contribution in [1.82, 2.24) is 19.5 Å². The molecule has 318 valence electrons. The van der Waals surface area contributed by atoms with Crippen molar-refractivity contribution in [2.24, 2.45) is 0 Å². The number of aromatic nitrogens is 4. The van der Waals surface area contributed by atoms with Crippen LogP contribution in [0.25, 0.3) is 106 Å². The summed E-state index contributed by atoms with van der Waals surface area (Å²) in [6.45, 7) is 6.73. The summed E-state index contributed by atoms with van der Waals surface area (Å²) in [5.74, 6) is 1.77. The Labute approximate surface area is 391 Å². The molecule has 5 nitrogen and oxygen atoms in total. The lowest BCUT2D eigenvalue weighted by Crippen LogP contribution is -2.10. The molecule has 0 amide bonds. The van der Waals surface area contributed by atoms with Crippen LogP contribution in [0.5, 0.6) is 0 Å². The van der Waals surface area contributed by atoms with Crippen molar-refractivity contribution in [3.05, 3.63) is 230 Å². The van der Waals surface area contributed by atoms with Gasteiger partial charge in [0.1, 0.15) is 0 Å². The molecule has 9 aromatic carbocycles. The van der Waals surface area contributed by atoms with Crippen molar-refractivity contribution in [1.29, 1.82) is 5.26 Å². The molecule has 0 N–H and O–H groups in total. The number of nitriles is 1. The van der Waals surface area contributed by atoms with Gasteiger partial charge in [0.05, 0.1) is 28.4 Å². The van der Waals surface area contributed by atoms with Crippen LogP contribution in [0.15, 0.2) is 218 Å². The Kier molecular flexibility index (Phi) is 10.4. The maximum atomic E-state index is 10.2. The Morgan fingerprint density at radius 2 is 0.746 bits per heavy atom. The van der Waals surface area contributed by atoms with E-state index in [2.05, 4.69) is 165 Å². The third-order valence-corrected chi connectivity index (χ3v) is 12.7. The molecule has 2 heterocycles. The standard InChI is InChI=1S/C62H45N5/c1-62(2,3)51-33-35-57-55(39-51)54-36-41(40-63)24-34-56(54)67(57)58-52(46-29-25-44(26-30-46)42-16-8-4-9-17-42)37-50(38-53(58)47-31-27-45(28-32-47)43-18-10-5-11-19-43)61-65-59(48-20-12-6-13-21-48)64-60(66-61)49-22-14-7-15-23-49/h4-39H,1-3H3. The van der Waals surface area contributed by atoms with Gasteiger partial charge in [-0.25, -0.2) is 15.0 Å². The van der Waals surface area contributed by atoms with Crippen molar-refractivity contribution >= 4 is 21.8 Å². The van der Waals surface area contributed by atoms with Gasteiger partial charge in [-0.15, -0.1) is 0 Å². The number of hydrogen-bond donors (Lipinski definition) is 0. The molecule has 0 saturated carbocycles. The minimum absolute atomic E-state index is 0.0871. The fourth-order valence-corrected chi connectivity index (χ4v) is 9.13. The van der Waals surface area contributed by atoms with Gasteiger partial charge in [0.2, 0.25) is 0 Å². The maximum Gasteiger partial charge on any atom is 0.164 e. The highest BCUT2D eigenvalue weighted by Gasteiger charge is 2.25. The molecule has 0 spiro atoms. The molecular weight excluding hydrogens is 815 g/mol. The number of nitrogens with zero attached hydrogens (tertiary/aromatic N) is 5. The zero-order chi connectivity index (χ0) is 45.5. The van der Waals surface area contributed by atoms with Crippen molar-refractivity contribution in [3.8, 4) is 90.4 Å². The maximum absolute atomic E-state index is 10.2. The summed E-state index contributed by atoms with van der Waals surface area (Å²) in [5, 5.41) is 12.3. The molecule has 2 aromatic heterocycles. The van der Waals surface area contributed by atoms with E-state index < -0.39 is 0 Å². The molecule has 0 radical (unpaired) electrons. The van der Waals surface area contributed by atoms with E-state index in [-0.39, 0.29) is 5.41 Å². The molecule has 0 aliphatic carbocycles. The summed E-state index contributed by atoms with van der Waals surface area (Å²) in [5.41, 5.74) is 16.1. The normalized spacial score (nSPS) is 11.5. The fourth-order valence-electron chi connectivity index (χ4n) is 9.13. The lowest BCUT2D eigenvalue weighted by molar-refractivity contribution is 0.591. The first kappa shape index (κ1) is 41.0. The second-order valence-electron chi connectivity index (χ2n) is 18.0. The van der Waals surface area contributed by atoms with E-state index in [4.69, 9.17) is 15.0 Å². The zero-order valence-corrected chi connectivity index (χ0v) is 37.5. The lowest BCUT2D eigenvalue weighted by atomic mass is 9.86. The summed E-state index contributed by atoms with van der Waals surface area (Å²) in [7, 11) is 0. The van der Waals surface area contributed by atoms with E-state index >= 15 is 0 Å². The van der Waals surface area contributed by atoms with E-state index in [0.717, 1.165) is 88.7 Å². The summed E-state index contributed by atoms with van der Waals surface area (Å²) < 4.78 is 2.40. The number of benzene rings is 9. The zero-order valence-electron chi connectivity index (χ0n) is 37.5. The molecule has 0 fully saturated rings. The molecular formula is C62H45N5. The monoisotopic (exact) mass is 859 g/mol. The van der Waals surface area contributed by atoms with E-state index in [1.807, 2.05) is 84.9 Å². The quantitative estimate of drug-likeness (QED) is 0.153. The average Bonchev–Trinajstić information content (AvgIpc) is 3.71. The smallest absolute Gasteiger partial charge is 0.164 e. The van der Waals surface area contributed by atoms with E-state index in [1.165, 1.54) is 5.56 Å². The molecule has 0 atom stereocenters. The summed E-state index contributed by atoms with van der Waals surface area (Å²) in [4.78, 5) is 15.6. The summed E-state index contributed by atoms with van der Waals surface area (Å²) in [6, 6.07) is 78.8. The molecule has 0 saturated heterocycles. The number of fused-ring (bicyclic) bond motifs is 3. The second kappa shape index (κ2) is 17.0. The van der Waals surface area contributed by atoms with Crippen LogP contribution in [0.3, 0.4) is 0 Å². The van der Waals surface area contributed by atoms with Gasteiger partial charge >= 0.3 is 0 Å². The van der Waals surface area contributed by atoms with Gasteiger partial charge < -0.3 is 4.57 Å². The fraction of sp³-hybridized carbons (Fsp3) is 0.0645. The molecule has 11 rings (SSSR count). The van der Waals surface area contributed by atoms with Gasteiger partial charge in [-0.3, -0.25) is 0 Å². The first-order valence-electron chi connectivity index (χ1n) is 22.7. The van der Waals surface area contributed by atoms with Gasteiger partial charge in [0.25, 0.3) is 0 Å². The molecule has 0 unspecified atom stereocenters. The van der Waals surface area contributed by atoms with Crippen LogP contribution in [0, 0.1) is 11.3 Å². The molecule has 0 aliphatic rings. The van der Waals surface area contributed by atoms with Crippen molar-refractivity contribution in [3.63, 3.8) is 0 Å². The number of hydrogen-bond acceptors (Lipinski definition) is 4. The summed E-state index contributed by atoms with van der Waals surface area (Å²) in [6.07, 6.45) is 0. The van der Waals surface area contributed by atoms with Gasteiger partial charge in [-0.2, -0.15) is 5.26 Å². The Hall–Kier alpha value is -8.72. The predicted octanol–water partition coefficient (Wildman–Crippen LogP) is 15.8. The van der Waals surface area contributed by atoms with Gasteiger partial charge in [-0.1, -0.05) is 197 Å². The van der Waals surface area contributed by atoms with Crippen LogP contribution < -0.4 is 0 Å². The Morgan fingerprint density at radius 3 is 1.18 bits per heavy atom. The predicted molar refractivity (Wildman–Crippen MR) is 276 cm³/mol. The minimum Gasteiger partial charge on any atom is -0.308 e. The topological polar surface area (TPSA) is 67.4 Å². The van der Waals surface area contributed by atoms with Crippen LogP contribution in [-0.2, 0) is 5.41 Å². The van der Waals surface area contributed by atoms with Gasteiger partial charge in [0, 0.05) is 38.6 Å². The number of rotatable bonds is 8. The lowest BCUT2D eigenvalue weighted by Gasteiger charge is -2.22. The summed E-state index contributed by atoms with van der Waals surface area (Å²) >= 11 is 0.